The molecule has 0 spiro atoms. The van der Waals surface area contributed by atoms with Crippen LogP contribution in [0.25, 0.3) is 0 Å². The van der Waals surface area contributed by atoms with Crippen molar-refractivity contribution in [2.45, 2.75) is 6.92 Å². The van der Waals surface area contributed by atoms with Crippen molar-refractivity contribution in [3.63, 3.8) is 0 Å². The topological polar surface area (TPSA) is 119 Å². The van der Waals surface area contributed by atoms with Crippen molar-refractivity contribution in [2.75, 3.05) is 17.2 Å². The van der Waals surface area contributed by atoms with Crippen molar-refractivity contribution in [1.82, 2.24) is 9.97 Å². The first-order valence-corrected chi connectivity index (χ1v) is 8.54. The summed E-state index contributed by atoms with van der Waals surface area (Å²) >= 11 is 0. The van der Waals surface area contributed by atoms with Crippen LogP contribution >= 0.6 is 0 Å². The Kier molecular flexibility index (Phi) is 5.93. The summed E-state index contributed by atoms with van der Waals surface area (Å²) in [4.78, 5) is 30.4. The number of anilines is 4. The van der Waals surface area contributed by atoms with Crippen LogP contribution in [0.15, 0.2) is 54.9 Å². The molecule has 0 aliphatic carbocycles. The second kappa shape index (κ2) is 8.74. The van der Waals surface area contributed by atoms with Gasteiger partial charge >= 0.3 is 11.7 Å². The molecule has 29 heavy (non-hydrogen) atoms. The van der Waals surface area contributed by atoms with Crippen LogP contribution < -0.4 is 10.6 Å². The van der Waals surface area contributed by atoms with Crippen LogP contribution in [0, 0.1) is 15.9 Å². The largest absolute Gasteiger partial charge is 0.462 e. The summed E-state index contributed by atoms with van der Waals surface area (Å²) in [6.07, 6.45) is 1.12. The van der Waals surface area contributed by atoms with Crippen LogP contribution in [0.4, 0.5) is 33.1 Å². The van der Waals surface area contributed by atoms with E-state index in [0.29, 0.717) is 11.3 Å². The third kappa shape index (κ3) is 4.61. The van der Waals surface area contributed by atoms with E-state index in [4.69, 9.17) is 4.74 Å². The second-order valence-electron chi connectivity index (χ2n) is 5.70. The molecule has 0 bridgehead atoms. The molecule has 0 amide bonds. The zero-order valence-corrected chi connectivity index (χ0v) is 15.3. The minimum atomic E-state index is -0.668. The van der Waals surface area contributed by atoms with Crippen molar-refractivity contribution in [3.05, 3.63) is 76.4 Å². The fourth-order valence-electron chi connectivity index (χ4n) is 2.47. The molecule has 0 aliphatic rings. The maximum Gasteiger partial charge on any atom is 0.353 e. The quantitative estimate of drug-likeness (QED) is 0.346. The van der Waals surface area contributed by atoms with Gasteiger partial charge in [0.1, 0.15) is 12.1 Å². The number of carbonyl (C=O) groups excluding carboxylic acids is 1. The molecule has 2 aromatic carbocycles. The molecular formula is C19H16FN5O4. The molecule has 0 unspecified atom stereocenters. The van der Waals surface area contributed by atoms with E-state index in [1.54, 1.807) is 25.1 Å². The van der Waals surface area contributed by atoms with Crippen LogP contribution in [0.5, 0.6) is 0 Å². The zero-order chi connectivity index (χ0) is 20.8. The Bertz CT molecular complexity index is 1040. The maximum absolute atomic E-state index is 13.9. The second-order valence-corrected chi connectivity index (χ2v) is 5.70. The molecule has 10 heteroatoms. The number of aromatic nitrogens is 2. The summed E-state index contributed by atoms with van der Waals surface area (Å²) < 4.78 is 18.8. The minimum Gasteiger partial charge on any atom is -0.462 e. The van der Waals surface area contributed by atoms with Crippen LogP contribution in [0.3, 0.4) is 0 Å². The van der Waals surface area contributed by atoms with Gasteiger partial charge in [-0.2, -0.15) is 0 Å². The molecule has 0 aliphatic heterocycles. The van der Waals surface area contributed by atoms with Crippen molar-refractivity contribution in [1.29, 1.82) is 0 Å². The van der Waals surface area contributed by atoms with Crippen molar-refractivity contribution in [3.8, 4) is 0 Å². The van der Waals surface area contributed by atoms with Gasteiger partial charge in [0.25, 0.3) is 0 Å². The average molecular weight is 397 g/mol. The lowest BCUT2D eigenvalue weighted by Crippen LogP contribution is -2.07. The Morgan fingerprint density at radius 1 is 1.10 bits per heavy atom. The number of rotatable bonds is 7. The Labute approximate surface area is 164 Å². The monoisotopic (exact) mass is 397 g/mol. The highest BCUT2D eigenvalue weighted by Crippen LogP contribution is 2.33. The highest BCUT2D eigenvalue weighted by molar-refractivity contribution is 5.90. The number of benzene rings is 2. The first kappa shape index (κ1) is 19.7. The normalized spacial score (nSPS) is 10.3. The third-order valence-corrected chi connectivity index (χ3v) is 3.79. The maximum atomic E-state index is 13.9. The lowest BCUT2D eigenvalue weighted by Gasteiger charge is -2.11. The molecule has 0 radical (unpaired) electrons. The summed E-state index contributed by atoms with van der Waals surface area (Å²) in [5.74, 6) is -1.30. The Morgan fingerprint density at radius 2 is 1.76 bits per heavy atom. The van der Waals surface area contributed by atoms with E-state index in [1.165, 1.54) is 30.3 Å². The molecule has 3 aromatic rings. The number of ether oxygens (including phenoxy) is 1. The average Bonchev–Trinajstić information content (AvgIpc) is 2.70. The van der Waals surface area contributed by atoms with Gasteiger partial charge in [0.2, 0.25) is 11.6 Å². The Morgan fingerprint density at radius 3 is 2.38 bits per heavy atom. The predicted molar refractivity (Wildman–Crippen MR) is 104 cm³/mol. The van der Waals surface area contributed by atoms with Gasteiger partial charge in [-0.1, -0.05) is 12.1 Å². The number of esters is 1. The van der Waals surface area contributed by atoms with Crippen molar-refractivity contribution >= 4 is 34.7 Å². The van der Waals surface area contributed by atoms with E-state index in [9.17, 15) is 19.3 Å². The lowest BCUT2D eigenvalue weighted by atomic mass is 10.2. The predicted octanol–water partition coefficient (Wildman–Crippen LogP) is 4.19. The van der Waals surface area contributed by atoms with E-state index in [-0.39, 0.29) is 23.9 Å². The summed E-state index contributed by atoms with van der Waals surface area (Å²) in [5.41, 5.74) is 0.387. The molecule has 0 saturated carbocycles. The minimum absolute atomic E-state index is 0.0408. The molecular weight excluding hydrogens is 381 g/mol. The number of halogens is 1. The number of nitro groups is 1. The number of nitrogens with zero attached hydrogens (tertiary/aromatic N) is 3. The zero-order valence-electron chi connectivity index (χ0n) is 15.3. The van der Waals surface area contributed by atoms with E-state index in [2.05, 4.69) is 20.6 Å². The summed E-state index contributed by atoms with van der Waals surface area (Å²) in [7, 11) is 0. The van der Waals surface area contributed by atoms with Gasteiger partial charge in [0.15, 0.2) is 0 Å². The molecule has 1 heterocycles. The number of nitrogens with one attached hydrogen (secondary N) is 2. The van der Waals surface area contributed by atoms with Crippen molar-refractivity contribution in [2.24, 2.45) is 0 Å². The fraction of sp³-hybridized carbons (Fsp3) is 0.105. The third-order valence-electron chi connectivity index (χ3n) is 3.79. The smallest absolute Gasteiger partial charge is 0.353 e. The van der Waals surface area contributed by atoms with Crippen LogP contribution in [0.2, 0.25) is 0 Å². The SMILES string of the molecule is CCOC(=O)c1ccc(Nc2ncnc(Nc3ccccc3F)c2[N+](=O)[O-])cc1. The van der Waals surface area contributed by atoms with E-state index >= 15 is 0 Å². The lowest BCUT2D eigenvalue weighted by molar-refractivity contribution is -0.383. The molecule has 3 rings (SSSR count). The van der Waals surface area contributed by atoms with Gasteiger partial charge in [-0.3, -0.25) is 10.1 Å². The molecule has 148 valence electrons. The van der Waals surface area contributed by atoms with Gasteiger partial charge in [-0.05, 0) is 43.3 Å². The summed E-state index contributed by atoms with van der Waals surface area (Å²) in [6.45, 7) is 1.96. The summed E-state index contributed by atoms with van der Waals surface area (Å²) in [6, 6.07) is 11.9. The van der Waals surface area contributed by atoms with E-state index in [0.717, 1.165) is 6.33 Å². The molecule has 0 saturated heterocycles. The first-order valence-electron chi connectivity index (χ1n) is 8.54. The van der Waals surface area contributed by atoms with Crippen LogP contribution in [-0.2, 0) is 4.74 Å². The van der Waals surface area contributed by atoms with Gasteiger partial charge in [-0.15, -0.1) is 0 Å². The number of carbonyl (C=O) groups is 1. The Balaban J connectivity index is 1.89. The molecule has 9 nitrogen and oxygen atoms in total. The van der Waals surface area contributed by atoms with Gasteiger partial charge in [0.05, 0.1) is 22.8 Å². The van der Waals surface area contributed by atoms with Gasteiger partial charge in [-0.25, -0.2) is 19.2 Å². The highest BCUT2D eigenvalue weighted by Gasteiger charge is 2.24. The molecule has 0 fully saturated rings. The summed E-state index contributed by atoms with van der Waals surface area (Å²) in [5, 5.41) is 17.0. The highest BCUT2D eigenvalue weighted by atomic mass is 19.1. The van der Waals surface area contributed by atoms with E-state index in [1.807, 2.05) is 0 Å². The fourth-order valence-corrected chi connectivity index (χ4v) is 2.47. The molecule has 2 N–H and O–H groups in total. The number of para-hydroxylation sites is 1. The van der Waals surface area contributed by atoms with Crippen LogP contribution in [0.1, 0.15) is 17.3 Å². The Hall–Kier alpha value is -4.08. The van der Waals surface area contributed by atoms with Crippen molar-refractivity contribution < 1.29 is 18.8 Å². The van der Waals surface area contributed by atoms with E-state index < -0.39 is 22.4 Å². The van der Waals surface area contributed by atoms with Crippen LogP contribution in [-0.4, -0.2) is 27.5 Å². The van der Waals surface area contributed by atoms with Gasteiger partial charge < -0.3 is 15.4 Å². The molecule has 1 aromatic heterocycles. The standard InChI is InChI=1S/C19H16FN5O4/c1-2-29-19(26)12-7-9-13(10-8-12)23-17-16(25(27)28)18(22-11-21-17)24-15-6-4-3-5-14(15)20/h3-11H,2H2,1H3,(H2,21,22,23,24). The molecule has 0 atom stereocenters. The number of hydrogen-bond acceptors (Lipinski definition) is 8. The first-order chi connectivity index (χ1) is 14.0. The van der Waals surface area contributed by atoms with Gasteiger partial charge in [0, 0.05) is 5.69 Å². The number of hydrogen-bond donors (Lipinski definition) is 2.